The molecule has 1 fully saturated rings. The Labute approximate surface area is 97.8 Å². The summed E-state index contributed by atoms with van der Waals surface area (Å²) in [6.45, 7) is 0. The lowest BCUT2D eigenvalue weighted by molar-refractivity contribution is -0.388. The molecule has 0 radical (unpaired) electrons. The topological polar surface area (TPSA) is 68.1 Å². The molecule has 0 aliphatic carbocycles. The number of hydrogen-bond donors (Lipinski definition) is 1. The number of anilines is 1. The Kier molecular flexibility index (Phi) is 3.61. The van der Waals surface area contributed by atoms with Crippen LogP contribution in [0.2, 0.25) is 0 Å². The van der Waals surface area contributed by atoms with Crippen LogP contribution in [0.25, 0.3) is 0 Å². The van der Waals surface area contributed by atoms with Crippen LogP contribution in [0.4, 0.5) is 11.5 Å². The third-order valence-corrected chi connectivity index (χ3v) is 3.69. The van der Waals surface area contributed by atoms with Crippen LogP contribution in [-0.4, -0.2) is 27.5 Å². The molecule has 0 amide bonds. The number of hydrogen-bond acceptors (Lipinski definition) is 5. The molecule has 1 aliphatic heterocycles. The first kappa shape index (κ1) is 11.2. The van der Waals surface area contributed by atoms with Crippen molar-refractivity contribution in [3.05, 3.63) is 28.4 Å². The summed E-state index contributed by atoms with van der Waals surface area (Å²) >= 11 is 1.88. The summed E-state index contributed by atoms with van der Waals surface area (Å²) in [5.41, 5.74) is 0.528. The van der Waals surface area contributed by atoms with Gasteiger partial charge in [0.15, 0.2) is 0 Å². The van der Waals surface area contributed by atoms with Gasteiger partial charge in [-0.2, -0.15) is 11.8 Å². The molecule has 1 aliphatic rings. The smallest absolute Gasteiger partial charge is 0.375 e. The van der Waals surface area contributed by atoms with Gasteiger partial charge in [0, 0.05) is 11.8 Å². The largest absolute Gasteiger partial charge is 0.386 e. The van der Waals surface area contributed by atoms with Crippen molar-refractivity contribution in [3.8, 4) is 0 Å². The first-order valence-electron chi connectivity index (χ1n) is 5.21. The summed E-state index contributed by atoms with van der Waals surface area (Å²) in [6, 6.07) is 3.75. The van der Waals surface area contributed by atoms with Crippen LogP contribution < -0.4 is 5.32 Å². The van der Waals surface area contributed by atoms with E-state index in [0.717, 1.165) is 18.6 Å². The number of nitro groups is 1. The van der Waals surface area contributed by atoms with E-state index in [4.69, 9.17) is 0 Å². The van der Waals surface area contributed by atoms with Crippen molar-refractivity contribution in [2.45, 2.75) is 18.9 Å². The number of pyridine rings is 1. The van der Waals surface area contributed by atoms with Gasteiger partial charge < -0.3 is 15.4 Å². The van der Waals surface area contributed by atoms with Gasteiger partial charge in [-0.05, 0) is 40.6 Å². The molecule has 1 saturated heterocycles. The summed E-state index contributed by atoms with van der Waals surface area (Å²) in [5, 5.41) is 14.0. The number of nitrogens with one attached hydrogen (secondary N) is 1. The zero-order valence-corrected chi connectivity index (χ0v) is 9.57. The fourth-order valence-electron chi connectivity index (χ4n) is 1.73. The molecule has 1 aromatic rings. The van der Waals surface area contributed by atoms with Crippen LogP contribution in [0, 0.1) is 10.1 Å². The van der Waals surface area contributed by atoms with E-state index in [1.807, 2.05) is 11.8 Å². The molecular weight excluding hydrogens is 226 g/mol. The highest BCUT2D eigenvalue weighted by Crippen LogP contribution is 2.25. The van der Waals surface area contributed by atoms with Gasteiger partial charge in [-0.15, -0.1) is 0 Å². The normalized spacial score (nSPS) is 20.4. The number of nitrogens with zero attached hydrogens (tertiary/aromatic N) is 2. The van der Waals surface area contributed by atoms with Crippen molar-refractivity contribution in [2.24, 2.45) is 0 Å². The highest BCUT2D eigenvalue weighted by atomic mass is 32.2. The summed E-state index contributed by atoms with van der Waals surface area (Å²) in [5.74, 6) is 2.11. The van der Waals surface area contributed by atoms with Gasteiger partial charge in [0.2, 0.25) is 0 Å². The van der Waals surface area contributed by atoms with Crippen LogP contribution in [0.5, 0.6) is 0 Å². The Morgan fingerprint density at radius 3 is 3.19 bits per heavy atom. The molecule has 86 valence electrons. The second-order valence-corrected chi connectivity index (χ2v) is 4.84. The van der Waals surface area contributed by atoms with Crippen molar-refractivity contribution in [1.29, 1.82) is 0 Å². The Bertz CT molecular complexity index is 380. The van der Waals surface area contributed by atoms with Gasteiger partial charge in [-0.1, -0.05) is 0 Å². The third kappa shape index (κ3) is 2.63. The maximum atomic E-state index is 10.8. The minimum Gasteiger partial charge on any atom is -0.375 e. The van der Waals surface area contributed by atoms with E-state index < -0.39 is 4.92 Å². The lowest BCUT2D eigenvalue weighted by Gasteiger charge is -2.22. The van der Waals surface area contributed by atoms with E-state index in [-0.39, 0.29) is 5.82 Å². The SMILES string of the molecule is O=[N+]([O-])c1ncccc1NC1CCCSC1. The second kappa shape index (κ2) is 5.16. The predicted molar refractivity (Wildman–Crippen MR) is 64.9 cm³/mol. The fraction of sp³-hybridized carbons (Fsp3) is 0.500. The fourth-order valence-corrected chi connectivity index (χ4v) is 2.80. The zero-order valence-electron chi connectivity index (χ0n) is 8.76. The summed E-state index contributed by atoms with van der Waals surface area (Å²) in [6.07, 6.45) is 3.67. The van der Waals surface area contributed by atoms with E-state index in [2.05, 4.69) is 10.3 Å². The van der Waals surface area contributed by atoms with Gasteiger partial charge >= 0.3 is 5.82 Å². The van der Waals surface area contributed by atoms with Crippen LogP contribution >= 0.6 is 11.8 Å². The molecular formula is C10H13N3O2S. The molecule has 2 rings (SSSR count). The minimum atomic E-state index is -0.446. The third-order valence-electron chi connectivity index (χ3n) is 2.48. The zero-order chi connectivity index (χ0) is 11.4. The molecule has 0 aromatic carbocycles. The maximum absolute atomic E-state index is 10.8. The lowest BCUT2D eigenvalue weighted by atomic mass is 10.2. The van der Waals surface area contributed by atoms with E-state index in [9.17, 15) is 10.1 Å². The molecule has 1 aromatic heterocycles. The van der Waals surface area contributed by atoms with Crippen molar-refractivity contribution in [1.82, 2.24) is 4.98 Å². The molecule has 1 atom stereocenters. The predicted octanol–water partition coefficient (Wildman–Crippen LogP) is 2.30. The lowest BCUT2D eigenvalue weighted by Crippen LogP contribution is -2.26. The molecule has 0 spiro atoms. The average Bonchev–Trinajstić information content (AvgIpc) is 2.31. The van der Waals surface area contributed by atoms with Crippen molar-refractivity contribution in [2.75, 3.05) is 16.8 Å². The standard InChI is InChI=1S/C10H13N3O2S/c14-13(15)10-9(4-1-5-11-10)12-8-3-2-6-16-7-8/h1,4-5,8,12H,2-3,6-7H2. The Morgan fingerprint density at radius 2 is 2.50 bits per heavy atom. The first-order chi connectivity index (χ1) is 7.77. The van der Waals surface area contributed by atoms with Gasteiger partial charge in [0.1, 0.15) is 11.9 Å². The van der Waals surface area contributed by atoms with Crippen LogP contribution in [0.1, 0.15) is 12.8 Å². The maximum Gasteiger partial charge on any atom is 0.386 e. The van der Waals surface area contributed by atoms with Crippen molar-refractivity contribution >= 4 is 23.3 Å². The van der Waals surface area contributed by atoms with E-state index >= 15 is 0 Å². The van der Waals surface area contributed by atoms with Gasteiger partial charge in [-0.3, -0.25) is 0 Å². The highest BCUT2D eigenvalue weighted by molar-refractivity contribution is 7.99. The van der Waals surface area contributed by atoms with Gasteiger partial charge in [-0.25, -0.2) is 0 Å². The van der Waals surface area contributed by atoms with E-state index in [1.165, 1.54) is 11.9 Å². The summed E-state index contributed by atoms with van der Waals surface area (Å²) in [4.78, 5) is 14.1. The van der Waals surface area contributed by atoms with Crippen LogP contribution in [-0.2, 0) is 0 Å². The quantitative estimate of drug-likeness (QED) is 0.647. The second-order valence-electron chi connectivity index (χ2n) is 3.69. The minimum absolute atomic E-state index is 0.0851. The molecule has 0 bridgehead atoms. The number of aromatic nitrogens is 1. The van der Waals surface area contributed by atoms with Crippen molar-refractivity contribution in [3.63, 3.8) is 0 Å². The monoisotopic (exact) mass is 239 g/mol. The number of thioether (sulfide) groups is 1. The summed E-state index contributed by atoms with van der Waals surface area (Å²) in [7, 11) is 0. The van der Waals surface area contributed by atoms with Crippen LogP contribution in [0.3, 0.4) is 0 Å². The molecule has 16 heavy (non-hydrogen) atoms. The first-order valence-corrected chi connectivity index (χ1v) is 6.36. The average molecular weight is 239 g/mol. The Morgan fingerprint density at radius 1 is 1.62 bits per heavy atom. The van der Waals surface area contributed by atoms with E-state index in [1.54, 1.807) is 12.1 Å². The Balaban J connectivity index is 2.10. The Hall–Kier alpha value is -1.30. The molecule has 5 nitrogen and oxygen atoms in total. The van der Waals surface area contributed by atoms with Crippen LogP contribution in [0.15, 0.2) is 18.3 Å². The molecule has 1 N–H and O–H groups in total. The number of rotatable bonds is 3. The molecule has 0 saturated carbocycles. The van der Waals surface area contributed by atoms with Crippen molar-refractivity contribution < 1.29 is 4.92 Å². The van der Waals surface area contributed by atoms with Gasteiger partial charge in [0.05, 0.1) is 0 Å². The van der Waals surface area contributed by atoms with Gasteiger partial charge in [0.25, 0.3) is 0 Å². The van der Waals surface area contributed by atoms with E-state index in [0.29, 0.717) is 11.7 Å². The molecule has 2 heterocycles. The molecule has 1 unspecified atom stereocenters. The summed E-state index contributed by atoms with van der Waals surface area (Å²) < 4.78 is 0. The molecule has 6 heteroatoms. The highest BCUT2D eigenvalue weighted by Gasteiger charge is 2.19.